The van der Waals surface area contributed by atoms with Crippen molar-refractivity contribution in [2.45, 2.75) is 0 Å². The fraction of sp³-hybridized carbons (Fsp3) is 0. The summed E-state index contributed by atoms with van der Waals surface area (Å²) in [5.74, 6) is 0. The molecule has 0 aliphatic carbocycles. The van der Waals surface area contributed by atoms with Gasteiger partial charge in [0.2, 0.25) is 0 Å². The zero-order valence-electron chi connectivity index (χ0n) is 2.10. The van der Waals surface area contributed by atoms with Gasteiger partial charge in [-0.3, -0.25) is 0 Å². The van der Waals surface area contributed by atoms with E-state index in [0.717, 1.165) is 0 Å². The maximum absolute atomic E-state index is 8.64. The van der Waals surface area contributed by atoms with Gasteiger partial charge in [0.25, 0.3) is 0 Å². The summed E-state index contributed by atoms with van der Waals surface area (Å²) in [6, 6.07) is 0. The van der Waals surface area contributed by atoms with Crippen molar-refractivity contribution in [3.05, 3.63) is 0 Å². The van der Waals surface area contributed by atoms with Gasteiger partial charge in [0, 0.05) is 17.1 Å². The summed E-state index contributed by atoms with van der Waals surface area (Å²) in [6.07, 6.45) is 0. The van der Waals surface area contributed by atoms with Gasteiger partial charge >= 0.3 is 35.3 Å². The van der Waals surface area contributed by atoms with Gasteiger partial charge in [0.1, 0.15) is 0 Å². The zero-order chi connectivity index (χ0) is 3.58. The van der Waals surface area contributed by atoms with Crippen molar-refractivity contribution in [2.75, 3.05) is 0 Å². The molecule has 0 aromatic heterocycles. The predicted octanol–water partition coefficient (Wildman–Crippen LogP) is -0.359. The zero-order valence-corrected chi connectivity index (χ0v) is 6.67. The van der Waals surface area contributed by atoms with Gasteiger partial charge in [0.15, 0.2) is 0 Å². The summed E-state index contributed by atoms with van der Waals surface area (Å²) in [5, 5.41) is 0. The van der Waals surface area contributed by atoms with E-state index >= 15 is 0 Å². The average molecular weight is 250 g/mol. The molecule has 0 rings (SSSR count). The Labute approximate surface area is 51.8 Å². The molecule has 0 heterocycles. The van der Waals surface area contributed by atoms with Crippen molar-refractivity contribution in [2.24, 2.45) is 0 Å². The number of rotatable bonds is 0. The molecular formula is CuLaO3. The van der Waals surface area contributed by atoms with E-state index in [9.17, 15) is 0 Å². The molecule has 3 nitrogen and oxygen atoms in total. The second-order valence-electron chi connectivity index (χ2n) is 0.289. The summed E-state index contributed by atoms with van der Waals surface area (Å²) in [5.41, 5.74) is 0. The van der Waals surface area contributed by atoms with Gasteiger partial charge in [-0.25, -0.2) is 0 Å². The van der Waals surface area contributed by atoms with Crippen LogP contribution in [0.4, 0.5) is 0 Å². The first-order chi connectivity index (χ1) is 1.73. The third kappa shape index (κ3) is 39.9. The topological polar surface area (TPSA) is 51.2 Å². The molecule has 0 amide bonds. The second kappa shape index (κ2) is 5.11. The third-order valence-corrected chi connectivity index (χ3v) is 0. The van der Waals surface area contributed by atoms with Gasteiger partial charge in [-0.1, -0.05) is 0 Å². The standard InChI is InChI=1S/Cu.La.3O. The van der Waals surface area contributed by atoms with Crippen LogP contribution in [-0.4, -0.2) is 0 Å². The van der Waals surface area contributed by atoms with Crippen LogP contribution in [0.15, 0.2) is 0 Å². The van der Waals surface area contributed by atoms with Crippen LogP contribution in [0.5, 0.6) is 0 Å². The Morgan fingerprint density at radius 2 is 1.00 bits per heavy atom. The first-order valence-corrected chi connectivity index (χ1v) is 5.15. The predicted molar refractivity (Wildman–Crippen MR) is 2.06 cm³/mol. The second-order valence-corrected chi connectivity index (χ2v) is 2.10. The molecule has 0 aromatic rings. The number of hydrogen-bond acceptors (Lipinski definition) is 3. The average Bonchev–Trinajstić information content (AvgIpc) is 0.811. The normalized spacial score (nSPS) is 3.00. The van der Waals surface area contributed by atoms with Crippen molar-refractivity contribution in [3.63, 3.8) is 0 Å². The van der Waals surface area contributed by atoms with Crippen LogP contribution in [-0.2, 0) is 22.2 Å². The van der Waals surface area contributed by atoms with Crippen LogP contribution in [0.25, 0.3) is 0 Å². The van der Waals surface area contributed by atoms with E-state index in [-0.39, 0.29) is 17.1 Å². The molecule has 5 heteroatoms. The van der Waals surface area contributed by atoms with Crippen LogP contribution in [0.3, 0.4) is 0 Å². The van der Waals surface area contributed by atoms with Crippen LogP contribution < -0.4 is 0 Å². The molecule has 0 aromatic carbocycles. The van der Waals surface area contributed by atoms with Crippen molar-refractivity contribution in [1.82, 2.24) is 0 Å². The first-order valence-electron chi connectivity index (χ1n) is 0.707. The van der Waals surface area contributed by atoms with Crippen molar-refractivity contribution in [3.8, 4) is 0 Å². The van der Waals surface area contributed by atoms with E-state index in [1.54, 1.807) is 0 Å². The first kappa shape index (κ1) is 9.45. The summed E-state index contributed by atoms with van der Waals surface area (Å²) in [6.45, 7) is 0. The molecule has 0 N–H and O–H groups in total. The molecule has 0 unspecified atom stereocenters. The van der Waals surface area contributed by atoms with E-state index in [1.165, 1.54) is 0 Å². The molecule has 0 fully saturated rings. The van der Waals surface area contributed by atoms with Crippen LogP contribution in [0.2, 0.25) is 0 Å². The third-order valence-electron chi connectivity index (χ3n) is 0. The van der Waals surface area contributed by atoms with E-state index in [2.05, 4.69) is 0 Å². The maximum atomic E-state index is 8.64. The van der Waals surface area contributed by atoms with Crippen molar-refractivity contribution >= 4 is 0 Å². The Morgan fingerprint density at radius 1 is 1.00 bits per heavy atom. The van der Waals surface area contributed by atoms with Gasteiger partial charge in [-0.05, 0) is 0 Å². The molecule has 32 valence electrons. The summed E-state index contributed by atoms with van der Waals surface area (Å²) < 4.78 is 25.9. The number of hydrogen-bond donors (Lipinski definition) is 0. The fourth-order valence-corrected chi connectivity index (χ4v) is 0. The van der Waals surface area contributed by atoms with Gasteiger partial charge < -0.3 is 0 Å². The molecule has 0 atom stereocenters. The monoisotopic (exact) mass is 250 g/mol. The quantitative estimate of drug-likeness (QED) is 0.552. The van der Waals surface area contributed by atoms with E-state index < -0.39 is 30.2 Å². The molecule has 0 aliphatic heterocycles. The summed E-state index contributed by atoms with van der Waals surface area (Å²) >= 11 is -4.47. The van der Waals surface area contributed by atoms with Crippen LogP contribution in [0.1, 0.15) is 0 Å². The molecule has 1 radical (unpaired) electrons. The molecule has 0 bridgehead atoms. The Hall–Kier alpha value is 1.11. The fourth-order valence-electron chi connectivity index (χ4n) is 0. The van der Waals surface area contributed by atoms with Gasteiger partial charge in [0.05, 0.1) is 0 Å². The molecule has 0 saturated carbocycles. The van der Waals surface area contributed by atoms with E-state index in [0.29, 0.717) is 0 Å². The van der Waals surface area contributed by atoms with E-state index in [4.69, 9.17) is 5.09 Å². The molecule has 0 spiro atoms. The van der Waals surface area contributed by atoms with Crippen LogP contribution in [0, 0.1) is 30.2 Å². The Kier molecular flexibility index (Phi) is 9.66. The summed E-state index contributed by atoms with van der Waals surface area (Å²) in [4.78, 5) is 0. The summed E-state index contributed by atoms with van der Waals surface area (Å²) in [7, 11) is 0. The SMILES string of the molecule is [Cu].[O]=[La](=[O])=[O]. The molecule has 0 aliphatic rings. The Bertz CT molecular complexity index is 76.3. The van der Waals surface area contributed by atoms with Gasteiger partial charge in [-0.2, -0.15) is 0 Å². The Balaban J connectivity index is 0. The molecular weight excluding hydrogens is 250 g/mol. The minimum absolute atomic E-state index is 0. The van der Waals surface area contributed by atoms with Crippen molar-refractivity contribution in [1.29, 1.82) is 0 Å². The molecule has 5 heavy (non-hydrogen) atoms. The molecule has 0 saturated heterocycles. The minimum atomic E-state index is -4.47. The Morgan fingerprint density at radius 3 is 1.00 bits per heavy atom. The van der Waals surface area contributed by atoms with Crippen LogP contribution >= 0.6 is 0 Å². The van der Waals surface area contributed by atoms with Gasteiger partial charge in [-0.15, -0.1) is 0 Å². The van der Waals surface area contributed by atoms with E-state index in [1.807, 2.05) is 0 Å². The van der Waals surface area contributed by atoms with Crippen molar-refractivity contribution < 1.29 is 52.4 Å².